The lowest BCUT2D eigenvalue weighted by atomic mass is 10.1. The Kier molecular flexibility index (Phi) is 9.59. The van der Waals surface area contributed by atoms with Crippen LogP contribution in [0.15, 0.2) is 69.1 Å². The second kappa shape index (κ2) is 12.5. The van der Waals surface area contributed by atoms with Crippen molar-refractivity contribution in [3.63, 3.8) is 0 Å². The van der Waals surface area contributed by atoms with Crippen LogP contribution in [0.2, 0.25) is 0 Å². The molecular formula is C30H36ClN3O5. The summed E-state index contributed by atoms with van der Waals surface area (Å²) in [6.07, 6.45) is 2.29. The number of pyridine rings is 1. The lowest BCUT2D eigenvalue weighted by Gasteiger charge is -2.19. The lowest BCUT2D eigenvalue weighted by Crippen LogP contribution is -2.25. The van der Waals surface area contributed by atoms with E-state index >= 15 is 0 Å². The summed E-state index contributed by atoms with van der Waals surface area (Å²) in [6.45, 7) is 16.8. The summed E-state index contributed by atoms with van der Waals surface area (Å²) in [6, 6.07) is 7.23. The molecule has 3 aromatic rings. The molecule has 0 atom stereocenters. The Balaban J connectivity index is 1.91. The highest BCUT2D eigenvalue weighted by Gasteiger charge is 2.20. The van der Waals surface area contributed by atoms with E-state index in [1.54, 1.807) is 39.0 Å². The van der Waals surface area contributed by atoms with E-state index in [-0.39, 0.29) is 23.3 Å². The number of fused-ring (bicyclic) bond motifs is 3. The van der Waals surface area contributed by atoms with E-state index < -0.39 is 5.60 Å². The van der Waals surface area contributed by atoms with E-state index in [2.05, 4.69) is 21.9 Å². The number of hydrogen-bond acceptors (Lipinski definition) is 8. The van der Waals surface area contributed by atoms with Crippen LogP contribution in [0.3, 0.4) is 0 Å². The fourth-order valence-corrected chi connectivity index (χ4v) is 3.86. The number of nitrogens with zero attached hydrogens (tertiary/aromatic N) is 2. The van der Waals surface area contributed by atoms with Gasteiger partial charge < -0.3 is 24.3 Å². The maximum atomic E-state index is 12.2. The number of Topliss-reactive ketones (excluding diaryl/α,β-unsaturated/α-hetero) is 1. The Labute approximate surface area is 234 Å². The van der Waals surface area contributed by atoms with Crippen molar-refractivity contribution in [1.29, 1.82) is 0 Å². The van der Waals surface area contributed by atoms with E-state index in [1.165, 1.54) is 6.92 Å². The third kappa shape index (κ3) is 7.94. The number of carbonyl (C=O) groups is 1. The van der Waals surface area contributed by atoms with Crippen molar-refractivity contribution in [1.82, 2.24) is 4.98 Å². The van der Waals surface area contributed by atoms with Gasteiger partial charge in [0, 0.05) is 31.0 Å². The molecule has 208 valence electrons. The molecule has 0 fully saturated rings. The monoisotopic (exact) mass is 553 g/mol. The van der Waals surface area contributed by atoms with Gasteiger partial charge in [-0.1, -0.05) is 30.7 Å². The normalized spacial score (nSPS) is 13.5. The molecular weight excluding hydrogens is 518 g/mol. The number of rotatable bonds is 12. The molecule has 0 radical (unpaired) electrons. The second-order valence-electron chi connectivity index (χ2n) is 10.2. The molecule has 2 heterocycles. The molecule has 3 rings (SSSR count). The van der Waals surface area contributed by atoms with Gasteiger partial charge in [-0.15, -0.1) is 0 Å². The van der Waals surface area contributed by atoms with Crippen LogP contribution in [0.25, 0.3) is 21.9 Å². The van der Waals surface area contributed by atoms with Crippen LogP contribution in [-0.4, -0.2) is 39.8 Å². The third-order valence-corrected chi connectivity index (χ3v) is 5.83. The molecule has 0 aliphatic rings. The molecule has 2 aromatic heterocycles. The molecule has 0 unspecified atom stereocenters. The number of nitrogens with one attached hydrogen (secondary N) is 1. The molecule has 2 N–H and O–H groups in total. The van der Waals surface area contributed by atoms with Crippen LogP contribution in [0.1, 0.15) is 65.4 Å². The zero-order valence-corrected chi connectivity index (χ0v) is 24.3. The zero-order valence-electron chi connectivity index (χ0n) is 23.6. The number of hydrogen-bond donors (Lipinski definition) is 2. The first-order chi connectivity index (χ1) is 18.3. The van der Waals surface area contributed by atoms with Gasteiger partial charge in [0.15, 0.2) is 11.5 Å². The van der Waals surface area contributed by atoms with Crippen molar-refractivity contribution in [2.45, 2.75) is 60.5 Å². The summed E-state index contributed by atoms with van der Waals surface area (Å²) in [5.74, 6) is 1.30. The molecule has 1 aromatic carbocycles. The Morgan fingerprint density at radius 2 is 1.95 bits per heavy atom. The van der Waals surface area contributed by atoms with E-state index in [1.807, 2.05) is 32.9 Å². The molecule has 0 saturated heterocycles. The highest BCUT2D eigenvalue weighted by molar-refractivity contribution is 6.68. The van der Waals surface area contributed by atoms with Crippen molar-refractivity contribution < 1.29 is 23.8 Å². The SMILES string of the molecule is C=C(C)CNc1c(C(C)=O)oc2ccc3nc(O/C(C)=C/C(Cl)=N/C(OCC(C)(C)O)=C(\C)CC)ccc3c12. The van der Waals surface area contributed by atoms with Crippen molar-refractivity contribution >= 4 is 50.1 Å². The van der Waals surface area contributed by atoms with Gasteiger partial charge in [-0.2, -0.15) is 0 Å². The topological polar surface area (TPSA) is 106 Å². The first-order valence-electron chi connectivity index (χ1n) is 12.7. The molecule has 0 bridgehead atoms. The molecule has 0 aliphatic heterocycles. The van der Waals surface area contributed by atoms with Crippen LogP contribution in [-0.2, 0) is 4.74 Å². The van der Waals surface area contributed by atoms with Gasteiger partial charge in [0.1, 0.15) is 23.1 Å². The quantitative estimate of drug-likeness (QED) is 0.103. The van der Waals surface area contributed by atoms with Crippen molar-refractivity contribution in [2.24, 2.45) is 4.99 Å². The number of aliphatic imine (C=N–C) groups is 1. The largest absolute Gasteiger partial charge is 0.475 e. The minimum absolute atomic E-state index is 0.0792. The Morgan fingerprint density at radius 1 is 1.23 bits per heavy atom. The van der Waals surface area contributed by atoms with Crippen molar-refractivity contribution in [3.05, 3.63) is 65.5 Å². The number of carbonyl (C=O) groups excluding carboxylic acids is 1. The van der Waals surface area contributed by atoms with Gasteiger partial charge in [0.25, 0.3) is 0 Å². The first kappa shape index (κ1) is 29.9. The van der Waals surface area contributed by atoms with Crippen LogP contribution < -0.4 is 10.1 Å². The number of ether oxygens (including phenoxy) is 2. The van der Waals surface area contributed by atoms with Gasteiger partial charge in [-0.25, -0.2) is 9.98 Å². The summed E-state index contributed by atoms with van der Waals surface area (Å²) in [5, 5.41) is 15.0. The van der Waals surface area contributed by atoms with Gasteiger partial charge >= 0.3 is 0 Å². The number of benzene rings is 1. The van der Waals surface area contributed by atoms with Crippen LogP contribution in [0.4, 0.5) is 5.69 Å². The fraction of sp³-hybridized carbons (Fsp3) is 0.367. The number of furan rings is 1. The number of aromatic nitrogens is 1. The maximum absolute atomic E-state index is 12.2. The molecule has 8 nitrogen and oxygen atoms in total. The smallest absolute Gasteiger partial charge is 0.219 e. The van der Waals surface area contributed by atoms with Crippen LogP contribution in [0.5, 0.6) is 5.88 Å². The van der Waals surface area contributed by atoms with Gasteiger partial charge in [-0.05, 0) is 64.8 Å². The molecule has 0 saturated carbocycles. The number of ketones is 1. The fourth-order valence-electron chi connectivity index (χ4n) is 3.63. The minimum atomic E-state index is -1.00. The third-order valence-electron chi connectivity index (χ3n) is 5.64. The van der Waals surface area contributed by atoms with Crippen molar-refractivity contribution in [3.8, 4) is 5.88 Å². The average molecular weight is 554 g/mol. The Morgan fingerprint density at radius 3 is 2.56 bits per heavy atom. The minimum Gasteiger partial charge on any atom is -0.475 e. The first-order valence-corrected chi connectivity index (χ1v) is 13.1. The summed E-state index contributed by atoms with van der Waals surface area (Å²) < 4.78 is 17.5. The van der Waals surface area contributed by atoms with Gasteiger partial charge in [0.05, 0.1) is 22.2 Å². The van der Waals surface area contributed by atoms with E-state index in [0.717, 1.165) is 28.3 Å². The number of anilines is 1. The standard InChI is InChI=1S/C30H36ClN3O5/c1-9-18(4)29(37-16-30(7,8)36)34-24(31)14-19(5)38-25-13-10-21-22(33-25)11-12-23-26(21)27(32-15-17(2)3)28(39-23)20(6)35/h10-14,32,36H,2,9,15-16H2,1,3-8H3/b19-14+,29-18-,34-24-. The summed E-state index contributed by atoms with van der Waals surface area (Å²) >= 11 is 6.39. The van der Waals surface area contributed by atoms with Crippen LogP contribution >= 0.6 is 11.6 Å². The van der Waals surface area contributed by atoms with Gasteiger partial charge in [-0.3, -0.25) is 4.79 Å². The van der Waals surface area contributed by atoms with Gasteiger partial charge in [0.2, 0.25) is 11.8 Å². The molecule has 0 spiro atoms. The highest BCUT2D eigenvalue weighted by Crippen LogP contribution is 2.37. The molecule has 9 heteroatoms. The predicted octanol–water partition coefficient (Wildman–Crippen LogP) is 7.52. The maximum Gasteiger partial charge on any atom is 0.219 e. The summed E-state index contributed by atoms with van der Waals surface area (Å²) in [5.41, 5.74) is 2.70. The summed E-state index contributed by atoms with van der Waals surface area (Å²) in [4.78, 5) is 21.3. The number of allylic oxidation sites excluding steroid dienone is 3. The molecule has 39 heavy (non-hydrogen) atoms. The summed E-state index contributed by atoms with van der Waals surface area (Å²) in [7, 11) is 0. The average Bonchev–Trinajstić information content (AvgIpc) is 3.23. The molecule has 0 amide bonds. The van der Waals surface area contributed by atoms with E-state index in [0.29, 0.717) is 40.9 Å². The lowest BCUT2D eigenvalue weighted by molar-refractivity contribution is 0.00183. The zero-order chi connectivity index (χ0) is 28.9. The highest BCUT2D eigenvalue weighted by atomic mass is 35.5. The Bertz CT molecular complexity index is 1490. The second-order valence-corrected chi connectivity index (χ2v) is 10.5. The van der Waals surface area contributed by atoms with E-state index in [4.69, 9.17) is 25.5 Å². The predicted molar refractivity (Wildman–Crippen MR) is 158 cm³/mol. The van der Waals surface area contributed by atoms with E-state index in [9.17, 15) is 9.90 Å². The number of aliphatic hydroxyl groups is 1. The van der Waals surface area contributed by atoms with Crippen LogP contribution in [0, 0.1) is 0 Å². The molecule has 0 aliphatic carbocycles. The Hall–Kier alpha value is -3.62. The van der Waals surface area contributed by atoms with Crippen molar-refractivity contribution in [2.75, 3.05) is 18.5 Å². The number of halogens is 1.